The van der Waals surface area contributed by atoms with E-state index in [0.29, 0.717) is 5.56 Å². The van der Waals surface area contributed by atoms with Gasteiger partial charge in [0.2, 0.25) is 5.91 Å². The maximum Gasteiger partial charge on any atom is 0.416 e. The van der Waals surface area contributed by atoms with Crippen LogP contribution in [0.4, 0.5) is 23.2 Å². The van der Waals surface area contributed by atoms with Gasteiger partial charge in [0.1, 0.15) is 18.5 Å². The molecule has 3 rings (SSSR count). The van der Waals surface area contributed by atoms with E-state index in [9.17, 15) is 22.4 Å². The van der Waals surface area contributed by atoms with Crippen LogP contribution < -0.4 is 5.32 Å². The summed E-state index contributed by atoms with van der Waals surface area (Å²) in [4.78, 5) is 17.7. The largest absolute Gasteiger partial charge is 0.416 e. The van der Waals surface area contributed by atoms with Gasteiger partial charge in [-0.15, -0.1) is 0 Å². The van der Waals surface area contributed by atoms with Gasteiger partial charge in [-0.1, -0.05) is 18.2 Å². The highest BCUT2D eigenvalue weighted by atomic mass is 19.4. The van der Waals surface area contributed by atoms with Crippen molar-refractivity contribution in [2.24, 2.45) is 0 Å². The van der Waals surface area contributed by atoms with Crippen LogP contribution in [-0.2, 0) is 17.5 Å². The molecule has 0 aliphatic heterocycles. The second-order valence-corrected chi connectivity index (χ2v) is 6.38. The molecule has 10 heteroatoms. The molecule has 152 valence electrons. The number of benzene rings is 2. The fraction of sp³-hybridized carbons (Fsp3) is 0.211. The van der Waals surface area contributed by atoms with Crippen LogP contribution in [0, 0.1) is 5.82 Å². The Labute approximate surface area is 163 Å². The summed E-state index contributed by atoms with van der Waals surface area (Å²) >= 11 is 0. The van der Waals surface area contributed by atoms with Crippen molar-refractivity contribution < 1.29 is 22.4 Å². The Bertz CT molecular complexity index is 989. The second kappa shape index (κ2) is 8.39. The van der Waals surface area contributed by atoms with Gasteiger partial charge in [-0.25, -0.2) is 14.1 Å². The van der Waals surface area contributed by atoms with E-state index in [4.69, 9.17) is 0 Å². The van der Waals surface area contributed by atoms with Gasteiger partial charge in [-0.2, -0.15) is 18.3 Å². The smallest absolute Gasteiger partial charge is 0.323 e. The SMILES string of the molecule is CN(CC(=O)Nc1cc(C(F)(F)F)ccc1-n1cncn1)Cc1ccccc1F. The first kappa shape index (κ1) is 20.5. The number of halogens is 4. The van der Waals surface area contributed by atoms with E-state index in [0.717, 1.165) is 12.1 Å². The monoisotopic (exact) mass is 407 g/mol. The molecule has 6 nitrogen and oxygen atoms in total. The molecule has 1 amide bonds. The molecule has 0 saturated heterocycles. The third-order valence-corrected chi connectivity index (χ3v) is 4.08. The van der Waals surface area contributed by atoms with Crippen molar-refractivity contribution in [2.75, 3.05) is 18.9 Å². The van der Waals surface area contributed by atoms with Crippen LogP contribution in [0.15, 0.2) is 55.1 Å². The lowest BCUT2D eigenvalue weighted by Crippen LogP contribution is -2.30. The van der Waals surface area contributed by atoms with Crippen molar-refractivity contribution in [3.63, 3.8) is 0 Å². The zero-order valence-corrected chi connectivity index (χ0v) is 15.3. The number of anilines is 1. The van der Waals surface area contributed by atoms with E-state index < -0.39 is 23.5 Å². The summed E-state index contributed by atoms with van der Waals surface area (Å²) in [5.74, 6) is -0.948. The molecular weight excluding hydrogens is 390 g/mol. The Morgan fingerprint density at radius 2 is 1.97 bits per heavy atom. The average Bonchev–Trinajstić information content (AvgIpc) is 3.17. The molecule has 1 N–H and O–H groups in total. The Balaban J connectivity index is 1.77. The number of hydrogen-bond acceptors (Lipinski definition) is 4. The van der Waals surface area contributed by atoms with Crippen LogP contribution in [-0.4, -0.2) is 39.2 Å². The zero-order chi connectivity index (χ0) is 21.0. The molecule has 29 heavy (non-hydrogen) atoms. The molecule has 2 aromatic carbocycles. The Kier molecular flexibility index (Phi) is 5.92. The predicted octanol–water partition coefficient (Wildman–Crippen LogP) is 3.50. The van der Waals surface area contributed by atoms with Crippen LogP contribution in [0.5, 0.6) is 0 Å². The molecule has 0 radical (unpaired) electrons. The molecule has 1 heterocycles. The molecule has 0 saturated carbocycles. The highest BCUT2D eigenvalue weighted by Crippen LogP contribution is 2.33. The fourth-order valence-electron chi connectivity index (χ4n) is 2.75. The maximum atomic E-state index is 13.8. The summed E-state index contributed by atoms with van der Waals surface area (Å²) in [5, 5.41) is 6.37. The van der Waals surface area contributed by atoms with Crippen molar-refractivity contribution in [1.29, 1.82) is 0 Å². The molecule has 0 fully saturated rings. The number of rotatable bonds is 6. The minimum Gasteiger partial charge on any atom is -0.323 e. The molecule has 3 aromatic rings. The van der Waals surface area contributed by atoms with E-state index in [2.05, 4.69) is 15.4 Å². The average molecular weight is 407 g/mol. The lowest BCUT2D eigenvalue weighted by Gasteiger charge is -2.18. The number of aromatic nitrogens is 3. The number of nitrogens with zero attached hydrogens (tertiary/aromatic N) is 4. The molecule has 0 bridgehead atoms. The minimum absolute atomic E-state index is 0.0605. The standard InChI is InChI=1S/C19H17F4N5O/c1-27(9-13-4-2-3-5-15(13)20)10-18(29)26-16-8-14(19(21,22)23)6-7-17(16)28-12-24-11-25-28/h2-8,11-12H,9-10H2,1H3,(H,26,29). The summed E-state index contributed by atoms with van der Waals surface area (Å²) in [5.41, 5.74) is -0.322. The van der Waals surface area contributed by atoms with E-state index in [1.54, 1.807) is 30.1 Å². The first-order valence-electron chi connectivity index (χ1n) is 8.52. The summed E-state index contributed by atoms with van der Waals surface area (Å²) < 4.78 is 54.2. The van der Waals surface area contributed by atoms with Gasteiger partial charge < -0.3 is 5.32 Å². The molecular formula is C19H17F4N5O. The van der Waals surface area contributed by atoms with Gasteiger partial charge in [0, 0.05) is 12.1 Å². The second-order valence-electron chi connectivity index (χ2n) is 6.38. The summed E-state index contributed by atoms with van der Waals surface area (Å²) in [7, 11) is 1.61. The number of likely N-dealkylation sites (N-methyl/N-ethyl adjacent to an activating group) is 1. The van der Waals surface area contributed by atoms with Gasteiger partial charge in [-0.05, 0) is 31.3 Å². The number of hydrogen-bond donors (Lipinski definition) is 1. The number of carbonyl (C=O) groups excluding carboxylic acids is 1. The third kappa shape index (κ3) is 5.17. The molecule has 0 aliphatic carbocycles. The van der Waals surface area contributed by atoms with Crippen molar-refractivity contribution in [2.45, 2.75) is 12.7 Å². The predicted molar refractivity (Wildman–Crippen MR) is 97.7 cm³/mol. The molecule has 0 aliphatic rings. The van der Waals surface area contributed by atoms with Crippen LogP contribution in [0.1, 0.15) is 11.1 Å². The molecule has 1 aromatic heterocycles. The third-order valence-electron chi connectivity index (χ3n) is 4.08. The number of nitrogens with one attached hydrogen (secondary N) is 1. The number of carbonyl (C=O) groups is 1. The number of alkyl halides is 3. The van der Waals surface area contributed by atoms with Gasteiger partial charge in [0.05, 0.1) is 23.5 Å². The van der Waals surface area contributed by atoms with Crippen molar-refractivity contribution in [3.05, 3.63) is 72.1 Å². The van der Waals surface area contributed by atoms with Crippen LogP contribution in [0.2, 0.25) is 0 Å². The molecule has 0 spiro atoms. The van der Waals surface area contributed by atoms with Gasteiger partial charge in [-0.3, -0.25) is 9.69 Å². The summed E-state index contributed by atoms with van der Waals surface area (Å²) in [6.45, 7) is 0.0139. The topological polar surface area (TPSA) is 63.1 Å². The Hall–Kier alpha value is -3.27. The van der Waals surface area contributed by atoms with Crippen LogP contribution in [0.3, 0.4) is 0 Å². The van der Waals surface area contributed by atoms with E-state index in [1.807, 2.05) is 0 Å². The molecule has 0 atom stereocenters. The quantitative estimate of drug-likeness (QED) is 0.636. The van der Waals surface area contributed by atoms with Crippen molar-refractivity contribution in [1.82, 2.24) is 19.7 Å². The highest BCUT2D eigenvalue weighted by molar-refractivity contribution is 5.94. The molecule has 0 unspecified atom stereocenters. The van der Waals surface area contributed by atoms with E-state index >= 15 is 0 Å². The van der Waals surface area contributed by atoms with Crippen LogP contribution in [0.25, 0.3) is 5.69 Å². The fourth-order valence-corrected chi connectivity index (χ4v) is 2.75. The highest BCUT2D eigenvalue weighted by Gasteiger charge is 2.31. The normalized spacial score (nSPS) is 11.7. The van der Waals surface area contributed by atoms with Gasteiger partial charge >= 0.3 is 6.18 Å². The van der Waals surface area contributed by atoms with E-state index in [-0.39, 0.29) is 24.5 Å². The van der Waals surface area contributed by atoms with Crippen molar-refractivity contribution in [3.8, 4) is 5.69 Å². The Morgan fingerprint density at radius 3 is 2.62 bits per heavy atom. The lowest BCUT2D eigenvalue weighted by molar-refractivity contribution is -0.137. The Morgan fingerprint density at radius 1 is 1.21 bits per heavy atom. The van der Waals surface area contributed by atoms with Gasteiger partial charge in [0.25, 0.3) is 0 Å². The summed E-state index contributed by atoms with van der Waals surface area (Å²) in [6, 6.07) is 9.10. The van der Waals surface area contributed by atoms with Gasteiger partial charge in [0.15, 0.2) is 0 Å². The minimum atomic E-state index is -4.57. The van der Waals surface area contributed by atoms with E-state index in [1.165, 1.54) is 29.5 Å². The van der Waals surface area contributed by atoms with Crippen molar-refractivity contribution >= 4 is 11.6 Å². The van der Waals surface area contributed by atoms with Crippen LogP contribution >= 0.6 is 0 Å². The zero-order valence-electron chi connectivity index (χ0n) is 15.3. The number of amides is 1. The first-order valence-corrected chi connectivity index (χ1v) is 8.52. The first-order chi connectivity index (χ1) is 13.7. The summed E-state index contributed by atoms with van der Waals surface area (Å²) in [6.07, 6.45) is -2.03. The lowest BCUT2D eigenvalue weighted by atomic mass is 10.1. The maximum absolute atomic E-state index is 13.8.